The standard InChI is InChI=1S/C21H29N3O4S2/c1-16-15-19(3-4-20(16)27-2)30(25,26)24-12-5-17(6-13-24)23-10-7-18(8-11-23)28-21-22-9-14-29-21/h3-4,9,14-15,17-18H,5-8,10-13H2,1-2H3. The van der Waals surface area contributed by atoms with Crippen LogP contribution in [0.3, 0.4) is 0 Å². The first-order valence-corrected chi connectivity index (χ1v) is 12.7. The number of hydrogen-bond acceptors (Lipinski definition) is 7. The number of aromatic nitrogens is 1. The summed E-state index contributed by atoms with van der Waals surface area (Å²) in [5, 5.41) is 2.68. The van der Waals surface area contributed by atoms with E-state index in [1.165, 1.54) is 11.3 Å². The van der Waals surface area contributed by atoms with Gasteiger partial charge in [-0.05, 0) is 56.4 Å². The fourth-order valence-corrected chi connectivity index (χ4v) is 6.48. The summed E-state index contributed by atoms with van der Waals surface area (Å²) in [5.41, 5.74) is 0.830. The molecule has 0 unspecified atom stereocenters. The second-order valence-electron chi connectivity index (χ2n) is 7.92. The molecule has 0 radical (unpaired) electrons. The van der Waals surface area contributed by atoms with Crippen LogP contribution in [0.5, 0.6) is 10.9 Å². The molecule has 164 valence electrons. The van der Waals surface area contributed by atoms with Crippen LogP contribution in [0.4, 0.5) is 0 Å². The molecule has 0 N–H and O–H groups in total. The van der Waals surface area contributed by atoms with Gasteiger partial charge < -0.3 is 14.4 Å². The van der Waals surface area contributed by atoms with Crippen molar-refractivity contribution < 1.29 is 17.9 Å². The van der Waals surface area contributed by atoms with Gasteiger partial charge in [0.1, 0.15) is 11.9 Å². The number of nitrogens with zero attached hydrogens (tertiary/aromatic N) is 3. The smallest absolute Gasteiger partial charge is 0.273 e. The second-order valence-corrected chi connectivity index (χ2v) is 10.7. The van der Waals surface area contributed by atoms with E-state index in [2.05, 4.69) is 9.88 Å². The lowest BCUT2D eigenvalue weighted by Gasteiger charge is -2.41. The van der Waals surface area contributed by atoms with E-state index in [0.29, 0.717) is 29.8 Å². The van der Waals surface area contributed by atoms with Gasteiger partial charge in [-0.2, -0.15) is 4.31 Å². The summed E-state index contributed by atoms with van der Waals surface area (Å²) in [6, 6.07) is 5.51. The molecule has 1 aromatic carbocycles. The van der Waals surface area contributed by atoms with Crippen LogP contribution in [0.2, 0.25) is 0 Å². The monoisotopic (exact) mass is 451 g/mol. The Hall–Kier alpha value is -1.68. The lowest BCUT2D eigenvalue weighted by molar-refractivity contribution is 0.0584. The molecule has 0 atom stereocenters. The third kappa shape index (κ3) is 4.64. The van der Waals surface area contributed by atoms with Crippen LogP contribution in [-0.2, 0) is 10.0 Å². The average Bonchev–Trinajstić information content (AvgIpc) is 3.27. The van der Waals surface area contributed by atoms with Crippen molar-refractivity contribution in [1.82, 2.24) is 14.2 Å². The minimum atomic E-state index is -3.47. The van der Waals surface area contributed by atoms with Gasteiger partial charge in [0.2, 0.25) is 10.0 Å². The molecule has 2 aliphatic heterocycles. The predicted molar refractivity (Wildman–Crippen MR) is 117 cm³/mol. The average molecular weight is 452 g/mol. The van der Waals surface area contributed by atoms with Gasteiger partial charge in [-0.25, -0.2) is 13.4 Å². The molecule has 2 aromatic rings. The van der Waals surface area contributed by atoms with Crippen molar-refractivity contribution in [2.24, 2.45) is 0 Å². The second kappa shape index (κ2) is 9.21. The van der Waals surface area contributed by atoms with Crippen molar-refractivity contribution in [3.05, 3.63) is 35.3 Å². The zero-order valence-electron chi connectivity index (χ0n) is 17.5. The van der Waals surface area contributed by atoms with Crippen molar-refractivity contribution in [1.29, 1.82) is 0 Å². The van der Waals surface area contributed by atoms with E-state index in [4.69, 9.17) is 9.47 Å². The van der Waals surface area contributed by atoms with Crippen molar-refractivity contribution >= 4 is 21.4 Å². The summed E-state index contributed by atoms with van der Waals surface area (Å²) in [6.45, 7) is 4.98. The number of methoxy groups -OCH3 is 1. The summed E-state index contributed by atoms with van der Waals surface area (Å²) in [5.74, 6) is 0.704. The zero-order chi connectivity index (χ0) is 21.1. The number of likely N-dealkylation sites (tertiary alicyclic amines) is 1. The van der Waals surface area contributed by atoms with Gasteiger partial charge >= 0.3 is 0 Å². The number of hydrogen-bond donors (Lipinski definition) is 0. The van der Waals surface area contributed by atoms with E-state index < -0.39 is 10.0 Å². The van der Waals surface area contributed by atoms with Crippen LogP contribution in [0, 0.1) is 6.92 Å². The van der Waals surface area contributed by atoms with Crippen LogP contribution >= 0.6 is 11.3 Å². The topological polar surface area (TPSA) is 72.0 Å². The summed E-state index contributed by atoms with van der Waals surface area (Å²) in [7, 11) is -1.88. The lowest BCUT2D eigenvalue weighted by Crippen LogP contribution is -2.50. The van der Waals surface area contributed by atoms with Gasteiger partial charge in [0.05, 0.1) is 12.0 Å². The van der Waals surface area contributed by atoms with E-state index in [1.54, 1.807) is 35.8 Å². The van der Waals surface area contributed by atoms with Gasteiger partial charge in [-0.1, -0.05) is 11.3 Å². The number of rotatable bonds is 6. The molecule has 2 aliphatic rings. The normalized spacial score (nSPS) is 20.3. The molecule has 2 fully saturated rings. The molecule has 0 bridgehead atoms. The number of aryl methyl sites for hydroxylation is 1. The quantitative estimate of drug-likeness (QED) is 0.672. The van der Waals surface area contributed by atoms with Crippen LogP contribution in [0.1, 0.15) is 31.2 Å². The molecule has 7 nitrogen and oxygen atoms in total. The molecular weight excluding hydrogens is 422 g/mol. The van der Waals surface area contributed by atoms with Crippen LogP contribution < -0.4 is 9.47 Å². The molecule has 2 saturated heterocycles. The highest BCUT2D eigenvalue weighted by atomic mass is 32.2. The highest BCUT2D eigenvalue weighted by Gasteiger charge is 2.33. The molecule has 3 heterocycles. The fraction of sp³-hybridized carbons (Fsp3) is 0.571. The van der Waals surface area contributed by atoms with Gasteiger partial charge in [0.25, 0.3) is 5.19 Å². The number of benzene rings is 1. The summed E-state index contributed by atoms with van der Waals surface area (Å²) in [4.78, 5) is 7.05. The number of thiazole rings is 1. The summed E-state index contributed by atoms with van der Waals surface area (Å²) in [6.07, 6.45) is 5.71. The van der Waals surface area contributed by atoms with E-state index >= 15 is 0 Å². The van der Waals surface area contributed by atoms with Gasteiger partial charge in [0, 0.05) is 43.8 Å². The Labute approximate surface area is 182 Å². The summed E-state index contributed by atoms with van der Waals surface area (Å²) >= 11 is 1.53. The number of piperidine rings is 2. The maximum absolute atomic E-state index is 13.1. The predicted octanol–water partition coefficient (Wildman–Crippen LogP) is 3.16. The van der Waals surface area contributed by atoms with E-state index in [0.717, 1.165) is 49.5 Å². The van der Waals surface area contributed by atoms with E-state index in [-0.39, 0.29) is 6.10 Å². The van der Waals surface area contributed by atoms with Gasteiger partial charge in [-0.15, -0.1) is 0 Å². The largest absolute Gasteiger partial charge is 0.496 e. The summed E-state index contributed by atoms with van der Waals surface area (Å²) < 4.78 is 39.0. The lowest BCUT2D eigenvalue weighted by atomic mass is 10.00. The zero-order valence-corrected chi connectivity index (χ0v) is 19.1. The van der Waals surface area contributed by atoms with Crippen molar-refractivity contribution in [3.63, 3.8) is 0 Å². The Morgan fingerprint density at radius 3 is 2.43 bits per heavy atom. The molecule has 0 aliphatic carbocycles. The number of sulfonamides is 1. The van der Waals surface area contributed by atoms with Crippen molar-refractivity contribution in [2.45, 2.75) is 49.6 Å². The molecule has 30 heavy (non-hydrogen) atoms. The maximum Gasteiger partial charge on any atom is 0.273 e. The van der Waals surface area contributed by atoms with E-state index in [1.807, 2.05) is 12.3 Å². The highest BCUT2D eigenvalue weighted by Crippen LogP contribution is 2.28. The van der Waals surface area contributed by atoms with Crippen LogP contribution in [0.25, 0.3) is 0 Å². The maximum atomic E-state index is 13.1. The molecule has 0 amide bonds. The molecular formula is C21H29N3O4S2. The highest BCUT2D eigenvalue weighted by molar-refractivity contribution is 7.89. The Morgan fingerprint density at radius 2 is 1.83 bits per heavy atom. The van der Waals surface area contributed by atoms with Crippen molar-refractivity contribution in [3.8, 4) is 10.9 Å². The molecule has 0 spiro atoms. The first-order chi connectivity index (χ1) is 14.5. The third-order valence-electron chi connectivity index (χ3n) is 6.10. The minimum absolute atomic E-state index is 0.228. The molecule has 9 heteroatoms. The minimum Gasteiger partial charge on any atom is -0.496 e. The molecule has 0 saturated carbocycles. The molecule has 1 aromatic heterocycles. The third-order valence-corrected chi connectivity index (χ3v) is 8.65. The Bertz CT molecular complexity index is 933. The van der Waals surface area contributed by atoms with Crippen molar-refractivity contribution in [2.75, 3.05) is 33.3 Å². The first-order valence-electron chi connectivity index (χ1n) is 10.4. The van der Waals surface area contributed by atoms with Crippen LogP contribution in [0.15, 0.2) is 34.7 Å². The Morgan fingerprint density at radius 1 is 1.10 bits per heavy atom. The number of ether oxygens (including phenoxy) is 2. The van der Waals surface area contributed by atoms with E-state index in [9.17, 15) is 8.42 Å². The van der Waals surface area contributed by atoms with Gasteiger partial charge in [0.15, 0.2) is 0 Å². The van der Waals surface area contributed by atoms with Gasteiger partial charge in [-0.3, -0.25) is 0 Å². The Kier molecular flexibility index (Phi) is 6.62. The SMILES string of the molecule is COc1ccc(S(=O)(=O)N2CCC(N3CCC(Oc4nccs4)CC3)CC2)cc1C. The van der Waals surface area contributed by atoms with Crippen LogP contribution in [-0.4, -0.2) is 68.0 Å². The molecule has 4 rings (SSSR count). The first kappa shape index (κ1) is 21.5. The fourth-order valence-electron chi connectivity index (χ4n) is 4.38. The Balaban J connectivity index is 1.30.